The van der Waals surface area contributed by atoms with E-state index in [2.05, 4.69) is 24.8 Å². The number of anilines is 1. The van der Waals surface area contributed by atoms with E-state index < -0.39 is 35.2 Å². The second kappa shape index (κ2) is 10.5. The van der Waals surface area contributed by atoms with E-state index in [0.717, 1.165) is 16.4 Å². The normalized spacial score (nSPS) is 23.0. The van der Waals surface area contributed by atoms with Crippen LogP contribution in [0.3, 0.4) is 0 Å². The fraction of sp³-hybridized carbons (Fsp3) is 0.421. The number of carbonyl (C=O) groups excluding carboxylic acids is 3. The van der Waals surface area contributed by atoms with Crippen molar-refractivity contribution < 1.29 is 24.3 Å². The summed E-state index contributed by atoms with van der Waals surface area (Å²) in [5.41, 5.74) is 16.5. The summed E-state index contributed by atoms with van der Waals surface area (Å²) >= 11 is 2.00. The molecule has 4 rings (SSSR count). The van der Waals surface area contributed by atoms with E-state index in [1.54, 1.807) is 4.90 Å². The molecule has 3 amide bonds. The Hall–Kier alpha value is -4.06. The minimum atomic E-state index is -1.61. The summed E-state index contributed by atoms with van der Waals surface area (Å²) in [5, 5.41) is 14.3. The van der Waals surface area contributed by atoms with Crippen molar-refractivity contribution in [1.29, 1.82) is 0 Å². The molecule has 196 valence electrons. The number of nitrogens with two attached hydrogens (primary N) is 3. The number of aliphatic imine (C=N–C) groups is 1. The number of hydrogen-bond acceptors (Lipinski definition) is 12. The molecule has 3 aliphatic rings. The van der Waals surface area contributed by atoms with E-state index in [4.69, 9.17) is 17.2 Å². The number of aliphatic carboxylic acids is 1. The Kier molecular flexibility index (Phi) is 7.39. The average Bonchev–Trinajstić information content (AvgIpc) is 3.42. The van der Waals surface area contributed by atoms with E-state index in [0.29, 0.717) is 30.7 Å². The van der Waals surface area contributed by atoms with E-state index in [1.165, 1.54) is 17.8 Å². The molecule has 0 spiro atoms. The van der Waals surface area contributed by atoms with Crippen molar-refractivity contribution in [2.45, 2.75) is 23.9 Å². The van der Waals surface area contributed by atoms with Crippen molar-refractivity contribution in [3.63, 3.8) is 0 Å². The number of thioether (sulfide) groups is 1. The number of rotatable bonds is 9. The number of nitrogen functional groups attached to an aromatic ring is 1. The summed E-state index contributed by atoms with van der Waals surface area (Å²) in [6.45, 7) is 0.976. The van der Waals surface area contributed by atoms with Gasteiger partial charge in [-0.1, -0.05) is 0 Å². The number of β-lactam (4-membered cyclic amide) rings is 1. The number of allylic oxidation sites excluding steroid dienone is 1. The molecule has 0 radical (unpaired) electrons. The number of carboxylic acid groups (broad SMARTS) is 1. The predicted molar refractivity (Wildman–Crippen MR) is 132 cm³/mol. The Bertz CT molecular complexity index is 1260. The van der Waals surface area contributed by atoms with Gasteiger partial charge in [0.1, 0.15) is 17.1 Å². The van der Waals surface area contributed by atoms with Crippen LogP contribution >= 0.6 is 23.3 Å². The fourth-order valence-electron chi connectivity index (χ4n) is 4.08. The second-order valence-electron chi connectivity index (χ2n) is 8.09. The van der Waals surface area contributed by atoms with Gasteiger partial charge in [-0.25, -0.2) is 9.78 Å². The van der Waals surface area contributed by atoms with Crippen LogP contribution in [0.25, 0.3) is 0 Å². The molecule has 3 unspecified atom stereocenters. The van der Waals surface area contributed by atoms with Gasteiger partial charge in [-0.3, -0.25) is 24.3 Å². The summed E-state index contributed by atoms with van der Waals surface area (Å²) in [7, 11) is 0. The standard InChI is InChI=1S/C19H22N10O6S2/c20-18(21)23-2-4-28-3-1-7(14(28)31)5-8-6-36-16-10(15(32)29(16)11(8)17(33)34)24-13(30)9(26-35)12-25-19(22)37-27-12/h5,9-10,16H,1-4,6H2,(H,24,30)(H,33,34)(H4,20,21,23)(H2,22,25,27). The van der Waals surface area contributed by atoms with Crippen molar-refractivity contribution in [3.05, 3.63) is 33.7 Å². The van der Waals surface area contributed by atoms with Gasteiger partial charge in [-0.2, -0.15) is 4.37 Å². The zero-order chi connectivity index (χ0) is 26.9. The quantitative estimate of drug-likeness (QED) is 0.0743. The number of carbonyl (C=O) groups is 4. The first-order valence-electron chi connectivity index (χ1n) is 10.8. The molecule has 1 aromatic rings. The molecular formula is C19H22N10O6S2. The number of nitrogens with one attached hydrogen (secondary N) is 1. The van der Waals surface area contributed by atoms with Crippen LogP contribution in [-0.2, 0) is 19.2 Å². The van der Waals surface area contributed by atoms with Crippen molar-refractivity contribution in [1.82, 2.24) is 24.5 Å². The number of likely N-dealkylation sites (tertiary alicyclic amines) is 1. The zero-order valence-corrected chi connectivity index (χ0v) is 20.7. The number of aromatic nitrogens is 2. The van der Waals surface area contributed by atoms with E-state index in [9.17, 15) is 29.2 Å². The maximum Gasteiger partial charge on any atom is 0.352 e. The van der Waals surface area contributed by atoms with Gasteiger partial charge in [0.15, 0.2) is 16.9 Å². The van der Waals surface area contributed by atoms with Crippen molar-refractivity contribution in [2.24, 2.45) is 21.6 Å². The molecule has 3 atom stereocenters. The van der Waals surface area contributed by atoms with Crippen molar-refractivity contribution in [2.75, 3.05) is 31.1 Å². The number of amides is 3. The molecule has 2 saturated heterocycles. The molecule has 0 bridgehead atoms. The smallest absolute Gasteiger partial charge is 0.352 e. The van der Waals surface area contributed by atoms with Gasteiger partial charge < -0.3 is 32.5 Å². The lowest BCUT2D eigenvalue weighted by Crippen LogP contribution is -2.70. The Balaban J connectivity index is 1.48. The number of nitroso groups, excluding NO2 is 1. The Labute approximate surface area is 217 Å². The van der Waals surface area contributed by atoms with Crippen LogP contribution in [0.5, 0.6) is 0 Å². The predicted octanol–water partition coefficient (Wildman–Crippen LogP) is -1.90. The van der Waals surface area contributed by atoms with Crippen LogP contribution in [0.4, 0.5) is 5.13 Å². The highest BCUT2D eigenvalue weighted by atomic mass is 32.2. The largest absolute Gasteiger partial charge is 0.477 e. The molecule has 18 heteroatoms. The van der Waals surface area contributed by atoms with Gasteiger partial charge in [-0.05, 0) is 23.2 Å². The first-order valence-corrected chi connectivity index (χ1v) is 12.6. The summed E-state index contributed by atoms with van der Waals surface area (Å²) in [4.78, 5) is 71.8. The van der Waals surface area contributed by atoms with Crippen LogP contribution in [0.2, 0.25) is 0 Å². The first-order chi connectivity index (χ1) is 17.6. The van der Waals surface area contributed by atoms with Crippen molar-refractivity contribution >= 4 is 58.1 Å². The van der Waals surface area contributed by atoms with Gasteiger partial charge in [0.2, 0.25) is 11.9 Å². The summed E-state index contributed by atoms with van der Waals surface area (Å²) < 4.78 is 3.80. The van der Waals surface area contributed by atoms with Crippen LogP contribution in [0.15, 0.2) is 33.1 Å². The highest BCUT2D eigenvalue weighted by molar-refractivity contribution is 8.00. The van der Waals surface area contributed by atoms with Gasteiger partial charge >= 0.3 is 5.97 Å². The number of hydrogen-bond donors (Lipinski definition) is 5. The van der Waals surface area contributed by atoms with Gasteiger partial charge in [0, 0.05) is 35.9 Å². The molecule has 4 heterocycles. The average molecular weight is 551 g/mol. The van der Waals surface area contributed by atoms with Crippen LogP contribution in [-0.4, -0.2) is 90.7 Å². The van der Waals surface area contributed by atoms with E-state index in [1.807, 2.05) is 0 Å². The van der Waals surface area contributed by atoms with Crippen LogP contribution in [0, 0.1) is 4.91 Å². The molecule has 2 fully saturated rings. The van der Waals surface area contributed by atoms with Crippen molar-refractivity contribution in [3.8, 4) is 0 Å². The lowest BCUT2D eigenvalue weighted by molar-refractivity contribution is -0.150. The SMILES string of the molecule is NC(N)=NCCN1CCC(=CC2=C(C(=O)O)N3C(=O)C(NC(=O)C(N=O)c4nsc(N)n4)C3SC2)C1=O. The minimum Gasteiger partial charge on any atom is -0.477 e. The molecule has 0 aromatic carbocycles. The van der Waals surface area contributed by atoms with Gasteiger partial charge in [0.25, 0.3) is 11.8 Å². The third-order valence-corrected chi connectivity index (χ3v) is 7.64. The minimum absolute atomic E-state index is 0.0423. The van der Waals surface area contributed by atoms with Gasteiger partial charge in [-0.15, -0.1) is 16.7 Å². The molecule has 3 aliphatic heterocycles. The monoisotopic (exact) mass is 550 g/mol. The highest BCUT2D eigenvalue weighted by Gasteiger charge is 2.54. The third kappa shape index (κ3) is 5.10. The number of nitrogens with zero attached hydrogens (tertiary/aromatic N) is 6. The molecule has 0 aliphatic carbocycles. The number of guanidine groups is 1. The number of carboxylic acids is 1. The Morgan fingerprint density at radius 3 is 2.70 bits per heavy atom. The Morgan fingerprint density at radius 2 is 2.08 bits per heavy atom. The zero-order valence-electron chi connectivity index (χ0n) is 19.1. The lowest BCUT2D eigenvalue weighted by Gasteiger charge is -2.49. The Morgan fingerprint density at radius 1 is 1.32 bits per heavy atom. The highest BCUT2D eigenvalue weighted by Crippen LogP contribution is 2.41. The second-order valence-corrected chi connectivity index (χ2v) is 9.98. The van der Waals surface area contributed by atoms with Crippen LogP contribution in [0.1, 0.15) is 18.3 Å². The molecule has 37 heavy (non-hydrogen) atoms. The molecule has 8 N–H and O–H groups in total. The van der Waals surface area contributed by atoms with E-state index in [-0.39, 0.29) is 40.8 Å². The molecular weight excluding hydrogens is 528 g/mol. The van der Waals surface area contributed by atoms with E-state index >= 15 is 0 Å². The third-order valence-electron chi connectivity index (χ3n) is 5.78. The molecule has 0 saturated carbocycles. The van der Waals surface area contributed by atoms with Gasteiger partial charge in [0.05, 0.1) is 6.54 Å². The molecule has 1 aromatic heterocycles. The maximum atomic E-state index is 12.9. The lowest BCUT2D eigenvalue weighted by atomic mass is 10.0. The fourth-order valence-corrected chi connectivity index (χ4v) is 5.85. The summed E-state index contributed by atoms with van der Waals surface area (Å²) in [6.07, 6.45) is 1.90. The summed E-state index contributed by atoms with van der Waals surface area (Å²) in [5.74, 6) is -3.29. The maximum absolute atomic E-state index is 12.9. The molecule has 16 nitrogen and oxygen atoms in total. The number of fused-ring (bicyclic) bond motifs is 1. The van der Waals surface area contributed by atoms with Crippen LogP contribution < -0.4 is 22.5 Å². The summed E-state index contributed by atoms with van der Waals surface area (Å²) in [6, 6.07) is -2.69. The first kappa shape index (κ1) is 26.0. The topological polar surface area (TPSA) is 253 Å².